The van der Waals surface area contributed by atoms with Gasteiger partial charge in [0.25, 0.3) is 0 Å². The predicted molar refractivity (Wildman–Crippen MR) is 41.5 cm³/mol. The maximum Gasteiger partial charge on any atom is 0.344 e. The topological polar surface area (TPSA) is 58.9 Å². The van der Waals surface area contributed by atoms with E-state index in [1.807, 2.05) is 13.8 Å². The molecule has 0 aliphatic rings. The van der Waals surface area contributed by atoms with Crippen LogP contribution in [-0.2, 0) is 9.63 Å². The minimum Gasteiger partial charge on any atom is -0.479 e. The Labute approximate surface area is 65.8 Å². The Morgan fingerprint density at radius 2 is 2.18 bits per heavy atom. The van der Waals surface area contributed by atoms with Crippen LogP contribution in [0.1, 0.15) is 20.8 Å². The first-order chi connectivity index (χ1) is 5.04. The number of carboxylic acids is 1. The average molecular weight is 159 g/mol. The fourth-order valence-electron chi connectivity index (χ4n) is 0.295. The molecule has 4 heteroatoms. The van der Waals surface area contributed by atoms with Gasteiger partial charge in [-0.3, -0.25) is 0 Å². The number of hydrogen-bond acceptors (Lipinski definition) is 3. The van der Waals surface area contributed by atoms with Crippen molar-refractivity contribution in [2.75, 3.05) is 6.61 Å². The lowest BCUT2D eigenvalue weighted by molar-refractivity contribution is -0.142. The Bertz CT molecular complexity index is 163. The Morgan fingerprint density at radius 1 is 1.64 bits per heavy atom. The smallest absolute Gasteiger partial charge is 0.344 e. The predicted octanol–water partition coefficient (Wildman–Crippen LogP) is 1.12. The van der Waals surface area contributed by atoms with E-state index in [1.54, 1.807) is 6.92 Å². The molecule has 0 aliphatic carbocycles. The molecule has 0 saturated heterocycles. The van der Waals surface area contributed by atoms with E-state index in [9.17, 15) is 4.79 Å². The molecule has 0 atom stereocenters. The fourth-order valence-corrected chi connectivity index (χ4v) is 0.295. The molecule has 4 nitrogen and oxygen atoms in total. The Balaban J connectivity index is 3.65. The van der Waals surface area contributed by atoms with Gasteiger partial charge in [-0.15, -0.1) is 0 Å². The zero-order valence-corrected chi connectivity index (χ0v) is 7.00. The molecule has 0 spiro atoms. The summed E-state index contributed by atoms with van der Waals surface area (Å²) in [4.78, 5) is 14.5. The molecule has 0 saturated carbocycles. The van der Waals surface area contributed by atoms with Crippen molar-refractivity contribution in [3.05, 3.63) is 0 Å². The molecular weight excluding hydrogens is 146 g/mol. The van der Waals surface area contributed by atoms with Crippen molar-refractivity contribution in [2.45, 2.75) is 20.8 Å². The molecule has 0 aliphatic heterocycles. The van der Waals surface area contributed by atoms with Crippen molar-refractivity contribution in [1.29, 1.82) is 0 Å². The third-order valence-electron chi connectivity index (χ3n) is 1.23. The highest BCUT2D eigenvalue weighted by Crippen LogP contribution is 1.95. The van der Waals surface area contributed by atoms with Gasteiger partial charge in [0.15, 0.2) is 0 Å². The lowest BCUT2D eigenvalue weighted by Gasteiger charge is -2.01. The van der Waals surface area contributed by atoms with Crippen LogP contribution in [0.5, 0.6) is 0 Å². The highest BCUT2D eigenvalue weighted by molar-refractivity contribution is 5.83. The lowest BCUT2D eigenvalue weighted by atomic mass is 10.1. The summed E-state index contributed by atoms with van der Waals surface area (Å²) < 4.78 is 0. The third-order valence-corrected chi connectivity index (χ3v) is 1.23. The van der Waals surface area contributed by atoms with Gasteiger partial charge in [0, 0.05) is 0 Å². The standard InChI is InChI=1S/C7H13NO3/c1-5(2)6(3)8-11-4-7(9)10/h5H,4H2,1-3H3,(H,9,10). The van der Waals surface area contributed by atoms with E-state index < -0.39 is 5.97 Å². The molecular formula is C7H13NO3. The van der Waals surface area contributed by atoms with Crippen LogP contribution >= 0.6 is 0 Å². The summed E-state index contributed by atoms with van der Waals surface area (Å²) in [5, 5.41) is 11.8. The van der Waals surface area contributed by atoms with E-state index in [0.29, 0.717) is 5.92 Å². The molecule has 0 aromatic carbocycles. The van der Waals surface area contributed by atoms with Crippen molar-refractivity contribution in [1.82, 2.24) is 0 Å². The number of hydrogen-bond donors (Lipinski definition) is 1. The van der Waals surface area contributed by atoms with Gasteiger partial charge in [0.1, 0.15) is 0 Å². The Hall–Kier alpha value is -1.06. The molecule has 11 heavy (non-hydrogen) atoms. The van der Waals surface area contributed by atoms with Gasteiger partial charge in [-0.1, -0.05) is 19.0 Å². The lowest BCUT2D eigenvalue weighted by Crippen LogP contribution is -2.07. The van der Waals surface area contributed by atoms with Crippen LogP contribution in [0.2, 0.25) is 0 Å². The highest BCUT2D eigenvalue weighted by Gasteiger charge is 1.99. The van der Waals surface area contributed by atoms with Gasteiger partial charge in [-0.05, 0) is 12.8 Å². The zero-order valence-electron chi connectivity index (χ0n) is 7.00. The van der Waals surface area contributed by atoms with Crippen LogP contribution in [0.25, 0.3) is 0 Å². The van der Waals surface area contributed by atoms with Gasteiger partial charge in [-0.2, -0.15) is 0 Å². The number of oxime groups is 1. The first kappa shape index (κ1) is 9.94. The van der Waals surface area contributed by atoms with E-state index >= 15 is 0 Å². The molecule has 0 aromatic heterocycles. The molecule has 0 radical (unpaired) electrons. The van der Waals surface area contributed by atoms with Crippen LogP contribution < -0.4 is 0 Å². The van der Waals surface area contributed by atoms with E-state index in [1.165, 1.54) is 0 Å². The number of carbonyl (C=O) groups is 1. The fraction of sp³-hybridized carbons (Fsp3) is 0.714. The molecule has 0 bridgehead atoms. The first-order valence-electron chi connectivity index (χ1n) is 3.42. The normalized spacial score (nSPS) is 11.8. The molecule has 0 unspecified atom stereocenters. The van der Waals surface area contributed by atoms with Gasteiger partial charge in [0.05, 0.1) is 5.71 Å². The van der Waals surface area contributed by atoms with E-state index in [-0.39, 0.29) is 6.61 Å². The SMILES string of the molecule is CC(=NOCC(=O)O)C(C)C. The molecule has 0 amide bonds. The summed E-state index contributed by atoms with van der Waals surface area (Å²) in [5.74, 6) is -0.714. The zero-order chi connectivity index (χ0) is 8.85. The van der Waals surface area contributed by atoms with Crippen molar-refractivity contribution in [3.63, 3.8) is 0 Å². The second-order valence-corrected chi connectivity index (χ2v) is 2.55. The number of aliphatic carboxylic acids is 1. The number of nitrogens with zero attached hydrogens (tertiary/aromatic N) is 1. The molecule has 0 heterocycles. The number of carboxylic acid groups (broad SMARTS) is 1. The highest BCUT2D eigenvalue weighted by atomic mass is 16.6. The van der Waals surface area contributed by atoms with Crippen LogP contribution in [-0.4, -0.2) is 23.4 Å². The summed E-state index contributed by atoms with van der Waals surface area (Å²) in [6, 6.07) is 0. The summed E-state index contributed by atoms with van der Waals surface area (Å²) in [5.41, 5.74) is 0.797. The second-order valence-electron chi connectivity index (χ2n) is 2.55. The number of rotatable bonds is 4. The Kier molecular flexibility index (Phi) is 4.26. The molecule has 0 aromatic rings. The van der Waals surface area contributed by atoms with Crippen molar-refractivity contribution >= 4 is 11.7 Å². The summed E-state index contributed by atoms with van der Waals surface area (Å²) in [6.45, 7) is 5.35. The van der Waals surface area contributed by atoms with E-state index in [4.69, 9.17) is 5.11 Å². The van der Waals surface area contributed by atoms with Crippen LogP contribution in [0.3, 0.4) is 0 Å². The van der Waals surface area contributed by atoms with Gasteiger partial charge in [-0.25, -0.2) is 4.79 Å². The van der Waals surface area contributed by atoms with Gasteiger partial charge < -0.3 is 9.94 Å². The second kappa shape index (κ2) is 4.71. The van der Waals surface area contributed by atoms with E-state index in [2.05, 4.69) is 9.99 Å². The van der Waals surface area contributed by atoms with Crippen molar-refractivity contribution < 1.29 is 14.7 Å². The summed E-state index contributed by atoms with van der Waals surface area (Å²) in [7, 11) is 0. The minimum absolute atomic E-state index is 0.295. The quantitative estimate of drug-likeness (QED) is 0.494. The van der Waals surface area contributed by atoms with Gasteiger partial charge in [0.2, 0.25) is 6.61 Å². The van der Waals surface area contributed by atoms with Crippen LogP contribution in [0, 0.1) is 5.92 Å². The van der Waals surface area contributed by atoms with Crippen LogP contribution in [0.15, 0.2) is 5.16 Å². The largest absolute Gasteiger partial charge is 0.479 e. The maximum absolute atomic E-state index is 9.96. The average Bonchev–Trinajstić information content (AvgIpc) is 1.86. The van der Waals surface area contributed by atoms with E-state index in [0.717, 1.165) is 5.71 Å². The molecule has 64 valence electrons. The monoisotopic (exact) mass is 159 g/mol. The maximum atomic E-state index is 9.96. The molecule has 0 fully saturated rings. The van der Waals surface area contributed by atoms with Crippen molar-refractivity contribution in [2.24, 2.45) is 11.1 Å². The minimum atomic E-state index is -1.01. The van der Waals surface area contributed by atoms with Crippen LogP contribution in [0.4, 0.5) is 0 Å². The third kappa shape index (κ3) is 5.39. The Morgan fingerprint density at radius 3 is 2.55 bits per heavy atom. The summed E-state index contributed by atoms with van der Waals surface area (Å²) >= 11 is 0. The molecule has 1 N–H and O–H groups in total. The molecule has 0 rings (SSSR count). The summed E-state index contributed by atoms with van der Waals surface area (Å²) in [6.07, 6.45) is 0. The first-order valence-corrected chi connectivity index (χ1v) is 3.42. The van der Waals surface area contributed by atoms with Gasteiger partial charge >= 0.3 is 5.97 Å². The van der Waals surface area contributed by atoms with Crippen molar-refractivity contribution in [3.8, 4) is 0 Å².